The Kier molecular flexibility index (Phi) is 6.19. The van der Waals surface area contributed by atoms with Crippen molar-refractivity contribution in [3.8, 4) is 0 Å². The van der Waals surface area contributed by atoms with Crippen LogP contribution < -0.4 is 4.13 Å². The Morgan fingerprint density at radius 2 is 2.11 bits per heavy atom. The van der Waals surface area contributed by atoms with E-state index >= 15 is 0 Å². The minimum atomic E-state index is -3.32. The molecule has 1 N–H and O–H groups in total. The summed E-state index contributed by atoms with van der Waals surface area (Å²) in [5, 5.41) is 7.26. The van der Waals surface area contributed by atoms with E-state index in [-0.39, 0.29) is 15.5 Å². The lowest BCUT2D eigenvalue weighted by atomic mass is 9.92. The lowest BCUT2D eigenvalue weighted by Crippen LogP contribution is -2.34. The molecular weight excluding hydrogens is 543 g/mol. The number of aromatic nitrogens is 3. The summed E-state index contributed by atoms with van der Waals surface area (Å²) in [6, 6.07) is 5.74. The van der Waals surface area contributed by atoms with Crippen LogP contribution in [0.25, 0.3) is 5.57 Å². The fraction of sp³-hybridized carbons (Fsp3) is 0.348. The topological polar surface area (TPSA) is 92.5 Å². The zero-order chi connectivity index (χ0) is 25.0. The molecular formula is C23H22ClFN6O2S3. The van der Waals surface area contributed by atoms with Gasteiger partial charge in [-0.1, -0.05) is 29.6 Å². The maximum absolute atomic E-state index is 13.9. The summed E-state index contributed by atoms with van der Waals surface area (Å²) in [5.41, 5.74) is 3.28. The van der Waals surface area contributed by atoms with Gasteiger partial charge < -0.3 is 4.90 Å². The van der Waals surface area contributed by atoms with Crippen molar-refractivity contribution < 1.29 is 12.8 Å². The Bertz CT molecular complexity index is 1480. The Morgan fingerprint density at radius 3 is 2.78 bits per heavy atom. The first kappa shape index (κ1) is 24.1. The molecule has 2 fully saturated rings. The van der Waals surface area contributed by atoms with Gasteiger partial charge in [-0.2, -0.15) is 9.23 Å². The largest absolute Gasteiger partial charge is 0.326 e. The second-order valence-corrected chi connectivity index (χ2v) is 13.6. The molecule has 4 heterocycles. The van der Waals surface area contributed by atoms with Crippen molar-refractivity contribution in [1.29, 1.82) is 0 Å². The van der Waals surface area contributed by atoms with Gasteiger partial charge >= 0.3 is 0 Å². The van der Waals surface area contributed by atoms with Crippen LogP contribution in [0.2, 0.25) is 5.02 Å². The summed E-state index contributed by atoms with van der Waals surface area (Å²) in [6.07, 6.45) is 5.61. The molecule has 0 radical (unpaired) electrons. The van der Waals surface area contributed by atoms with Crippen LogP contribution in [0.5, 0.6) is 0 Å². The predicted molar refractivity (Wildman–Crippen MR) is 141 cm³/mol. The van der Waals surface area contributed by atoms with Gasteiger partial charge in [0.1, 0.15) is 11.9 Å². The number of sulfonamides is 1. The van der Waals surface area contributed by atoms with Gasteiger partial charge in [0.25, 0.3) is 0 Å². The molecule has 1 aliphatic carbocycles. The number of amidine groups is 1. The van der Waals surface area contributed by atoms with Crippen LogP contribution in [0, 0.1) is 5.82 Å². The first-order chi connectivity index (χ1) is 17.3. The molecule has 13 heteroatoms. The van der Waals surface area contributed by atoms with Crippen molar-refractivity contribution in [2.24, 2.45) is 12.0 Å². The van der Waals surface area contributed by atoms with E-state index in [4.69, 9.17) is 16.6 Å². The summed E-state index contributed by atoms with van der Waals surface area (Å²) < 4.78 is 43.3. The molecule has 1 aromatic carbocycles. The smallest absolute Gasteiger partial charge is 0.223 e. The predicted octanol–water partition coefficient (Wildman–Crippen LogP) is 4.39. The summed E-state index contributed by atoms with van der Waals surface area (Å²) in [7, 11) is -1.47. The number of nitrogens with zero attached hydrogens (tertiary/aromatic N) is 5. The molecule has 36 heavy (non-hydrogen) atoms. The molecule has 2 aliphatic heterocycles. The SMILES string of the molecule is Cn1ccc(C2=C3CC(SNS(=O)(=O)C4CC4)CN3C(c3nccs3)=N[C@H]2c2ccc(F)cc2Cl)n1. The van der Waals surface area contributed by atoms with Crippen LogP contribution in [-0.4, -0.2) is 51.0 Å². The number of aliphatic imine (C=N–C) groups is 1. The van der Waals surface area contributed by atoms with Crippen LogP contribution in [-0.2, 0) is 17.1 Å². The summed E-state index contributed by atoms with van der Waals surface area (Å²) in [6.45, 7) is 0.561. The molecule has 0 amide bonds. The Hall–Kier alpha value is -2.25. The molecule has 3 aliphatic rings. The molecule has 1 unspecified atom stereocenters. The van der Waals surface area contributed by atoms with Crippen molar-refractivity contribution >= 4 is 56.3 Å². The third kappa shape index (κ3) is 4.49. The summed E-state index contributed by atoms with van der Waals surface area (Å²) in [4.78, 5) is 11.7. The number of fused-ring (bicyclic) bond motifs is 1. The number of hydrogen-bond donors (Lipinski definition) is 1. The molecule has 1 saturated heterocycles. The van der Waals surface area contributed by atoms with Crippen molar-refractivity contribution in [2.45, 2.75) is 35.8 Å². The van der Waals surface area contributed by atoms with E-state index in [9.17, 15) is 12.8 Å². The van der Waals surface area contributed by atoms with Gasteiger partial charge in [0.15, 0.2) is 10.8 Å². The van der Waals surface area contributed by atoms with Crippen LogP contribution in [0.3, 0.4) is 0 Å². The number of allylic oxidation sites excluding steroid dienone is 1. The summed E-state index contributed by atoms with van der Waals surface area (Å²) >= 11 is 9.25. The quantitative estimate of drug-likeness (QED) is 0.428. The zero-order valence-corrected chi connectivity index (χ0v) is 22.3. The number of thiazole rings is 1. The van der Waals surface area contributed by atoms with E-state index < -0.39 is 21.9 Å². The maximum atomic E-state index is 13.9. The Balaban J connectivity index is 1.45. The minimum absolute atomic E-state index is 0.0418. The van der Waals surface area contributed by atoms with Gasteiger partial charge in [0.2, 0.25) is 10.0 Å². The fourth-order valence-corrected chi connectivity index (χ4v) is 8.31. The highest BCUT2D eigenvalue weighted by molar-refractivity contribution is 8.09. The molecule has 2 aromatic heterocycles. The van der Waals surface area contributed by atoms with Gasteiger partial charge in [-0.05, 0) is 31.0 Å². The maximum Gasteiger partial charge on any atom is 0.223 e. The molecule has 1 saturated carbocycles. The average molecular weight is 565 g/mol. The Morgan fingerprint density at radius 1 is 1.28 bits per heavy atom. The van der Waals surface area contributed by atoms with Crippen LogP contribution in [0.1, 0.15) is 41.6 Å². The van der Waals surface area contributed by atoms with E-state index in [0.717, 1.165) is 22.0 Å². The van der Waals surface area contributed by atoms with E-state index in [1.54, 1.807) is 16.9 Å². The second kappa shape index (κ2) is 9.25. The monoisotopic (exact) mass is 564 g/mol. The molecule has 0 bridgehead atoms. The van der Waals surface area contributed by atoms with Crippen molar-refractivity contribution in [3.63, 3.8) is 0 Å². The van der Waals surface area contributed by atoms with Crippen molar-refractivity contribution in [3.05, 3.63) is 74.8 Å². The third-order valence-corrected chi connectivity index (χ3v) is 10.8. The van der Waals surface area contributed by atoms with Crippen molar-refractivity contribution in [2.75, 3.05) is 6.54 Å². The third-order valence-electron chi connectivity index (χ3n) is 6.39. The number of nitrogens with one attached hydrogen (secondary N) is 1. The van der Waals surface area contributed by atoms with Crippen LogP contribution in [0.15, 0.2) is 52.7 Å². The van der Waals surface area contributed by atoms with E-state index in [0.29, 0.717) is 37.2 Å². The number of halogens is 2. The molecule has 188 valence electrons. The van der Waals surface area contributed by atoms with E-state index in [1.165, 1.54) is 35.4 Å². The van der Waals surface area contributed by atoms with Gasteiger partial charge in [-0.15, -0.1) is 11.3 Å². The highest BCUT2D eigenvalue weighted by Gasteiger charge is 2.42. The zero-order valence-electron chi connectivity index (χ0n) is 19.1. The molecule has 8 nitrogen and oxygen atoms in total. The van der Waals surface area contributed by atoms with E-state index in [2.05, 4.69) is 19.1 Å². The molecule has 2 atom stereocenters. The number of rotatable bonds is 7. The lowest BCUT2D eigenvalue weighted by molar-refractivity contribution is 0.568. The van der Waals surface area contributed by atoms with Crippen molar-refractivity contribution in [1.82, 2.24) is 23.8 Å². The standard InChI is InChI=1S/C23H22ClFN6O2S3/c1-30-8-6-18(28-30)20-19-11-14(35-29-36(32,33)15-3-4-15)12-31(19)22(23-26-7-9-34-23)27-21(20)16-5-2-13(25)10-17(16)24/h2,5-10,14-15,21,29H,3-4,11-12H2,1H3/t14?,21-/m0/s1. The number of aryl methyl sites for hydroxylation is 1. The fourth-order valence-electron chi connectivity index (χ4n) is 4.55. The molecule has 3 aromatic rings. The normalized spacial score (nSPS) is 22.2. The van der Waals surface area contributed by atoms with Gasteiger partial charge in [0, 0.05) is 64.9 Å². The first-order valence-electron chi connectivity index (χ1n) is 11.4. The van der Waals surface area contributed by atoms with Gasteiger partial charge in [0.05, 0.1) is 10.9 Å². The van der Waals surface area contributed by atoms with Gasteiger partial charge in [-0.3, -0.25) is 9.67 Å². The highest BCUT2D eigenvalue weighted by atomic mass is 35.5. The number of benzene rings is 1. The average Bonchev–Trinajstić information content (AvgIpc) is 3.21. The summed E-state index contributed by atoms with van der Waals surface area (Å²) in [5.74, 6) is 0.274. The van der Waals surface area contributed by atoms with Crippen LogP contribution >= 0.6 is 34.9 Å². The lowest BCUT2D eigenvalue weighted by Gasteiger charge is -2.32. The van der Waals surface area contributed by atoms with Gasteiger partial charge in [-0.25, -0.2) is 17.8 Å². The molecule has 0 spiro atoms. The molecule has 6 rings (SSSR count). The minimum Gasteiger partial charge on any atom is -0.326 e. The van der Waals surface area contributed by atoms with E-state index in [1.807, 2.05) is 24.7 Å². The van der Waals surface area contributed by atoms with Crippen LogP contribution in [0.4, 0.5) is 4.39 Å². The number of hydrogen-bond acceptors (Lipinski definition) is 8. The first-order valence-corrected chi connectivity index (χ1v) is 15.1. The Labute approximate surface area is 221 Å². The second-order valence-electron chi connectivity index (χ2n) is 8.98. The highest BCUT2D eigenvalue weighted by Crippen LogP contribution is 2.47.